The average molecular weight is 267 g/mol. The Balaban J connectivity index is 2.69. The lowest BCUT2D eigenvalue weighted by Gasteiger charge is -2.32. The van der Waals surface area contributed by atoms with Crippen LogP contribution in [0.4, 0.5) is 4.39 Å². The van der Waals surface area contributed by atoms with Crippen LogP contribution in [0.5, 0.6) is 0 Å². The zero-order chi connectivity index (χ0) is 14.3. The van der Waals surface area contributed by atoms with Crippen molar-refractivity contribution in [3.05, 3.63) is 35.6 Å². The molecule has 0 aliphatic heterocycles. The lowest BCUT2D eigenvalue weighted by molar-refractivity contribution is 0.109. The lowest BCUT2D eigenvalue weighted by atomic mass is 9.83. The highest BCUT2D eigenvalue weighted by Gasteiger charge is 2.26. The van der Waals surface area contributed by atoms with E-state index in [0.717, 1.165) is 31.4 Å². The third-order valence-electron chi connectivity index (χ3n) is 4.24. The zero-order valence-corrected chi connectivity index (χ0v) is 12.2. The number of benzene rings is 1. The molecule has 0 saturated heterocycles. The molecule has 1 rings (SSSR count). The van der Waals surface area contributed by atoms with Gasteiger partial charge in [-0.05, 0) is 37.0 Å². The van der Waals surface area contributed by atoms with Gasteiger partial charge in [-0.15, -0.1) is 0 Å². The molecular formula is C16H26FNO. The fraction of sp³-hybridized carbons (Fsp3) is 0.625. The van der Waals surface area contributed by atoms with Gasteiger partial charge in [0.25, 0.3) is 0 Å². The third kappa shape index (κ3) is 4.29. The van der Waals surface area contributed by atoms with E-state index in [4.69, 9.17) is 0 Å². The number of aliphatic hydroxyl groups is 1. The summed E-state index contributed by atoms with van der Waals surface area (Å²) < 4.78 is 12.9. The Bertz CT molecular complexity index is 351. The van der Waals surface area contributed by atoms with Crippen molar-refractivity contribution < 1.29 is 9.50 Å². The van der Waals surface area contributed by atoms with Gasteiger partial charge < -0.3 is 10.4 Å². The molecule has 0 aliphatic carbocycles. The van der Waals surface area contributed by atoms with Crippen molar-refractivity contribution in [2.45, 2.75) is 46.1 Å². The molecule has 0 amide bonds. The molecule has 108 valence electrons. The van der Waals surface area contributed by atoms with Gasteiger partial charge in [0.05, 0.1) is 0 Å². The summed E-state index contributed by atoms with van der Waals surface area (Å²) in [6.45, 7) is 7.32. The average Bonchev–Trinajstić information content (AvgIpc) is 2.46. The molecule has 3 heteroatoms. The molecule has 0 spiro atoms. The van der Waals surface area contributed by atoms with E-state index in [1.165, 1.54) is 12.1 Å². The smallest absolute Gasteiger partial charge is 0.123 e. The Hall–Kier alpha value is -0.930. The molecule has 1 aromatic carbocycles. The molecule has 1 atom stereocenters. The maximum Gasteiger partial charge on any atom is 0.123 e. The Labute approximate surface area is 116 Å². The van der Waals surface area contributed by atoms with Crippen LogP contribution in [0.3, 0.4) is 0 Å². The van der Waals surface area contributed by atoms with Crippen LogP contribution in [0, 0.1) is 11.2 Å². The number of hydrogen-bond donors (Lipinski definition) is 2. The van der Waals surface area contributed by atoms with Crippen LogP contribution in [0.1, 0.15) is 51.6 Å². The van der Waals surface area contributed by atoms with Crippen molar-refractivity contribution in [3.8, 4) is 0 Å². The molecular weight excluding hydrogens is 241 g/mol. The molecule has 1 aromatic rings. The number of nitrogens with one attached hydrogen (secondary N) is 1. The number of halogens is 1. The standard InChI is InChI=1S/C16H26FNO/c1-4-15(13-7-9-14(17)10-8-13)18-11-16(5-2,6-3)12-19/h7-10,15,18-19H,4-6,11-12H2,1-3H3. The SMILES string of the molecule is CCC(NCC(CC)(CC)CO)c1ccc(F)cc1. The van der Waals surface area contributed by atoms with Crippen LogP contribution >= 0.6 is 0 Å². The second kappa shape index (κ2) is 7.61. The minimum atomic E-state index is -0.203. The van der Waals surface area contributed by atoms with Crippen LogP contribution in [0.15, 0.2) is 24.3 Å². The second-order valence-electron chi connectivity index (χ2n) is 5.26. The molecule has 0 saturated carbocycles. The third-order valence-corrected chi connectivity index (χ3v) is 4.24. The van der Waals surface area contributed by atoms with Gasteiger partial charge in [0.15, 0.2) is 0 Å². The summed E-state index contributed by atoms with van der Waals surface area (Å²) in [7, 11) is 0. The maximum atomic E-state index is 12.9. The quantitative estimate of drug-likeness (QED) is 0.753. The summed E-state index contributed by atoms with van der Waals surface area (Å²) >= 11 is 0. The van der Waals surface area contributed by atoms with Crippen molar-refractivity contribution in [1.82, 2.24) is 5.32 Å². The number of aliphatic hydroxyl groups excluding tert-OH is 1. The summed E-state index contributed by atoms with van der Waals surface area (Å²) in [4.78, 5) is 0. The summed E-state index contributed by atoms with van der Waals surface area (Å²) in [6, 6.07) is 6.87. The van der Waals surface area contributed by atoms with Gasteiger partial charge in [0, 0.05) is 24.6 Å². The minimum absolute atomic E-state index is 0.0482. The molecule has 0 aliphatic rings. The first-order valence-corrected chi connectivity index (χ1v) is 7.20. The fourth-order valence-electron chi connectivity index (χ4n) is 2.31. The molecule has 0 bridgehead atoms. The van der Waals surface area contributed by atoms with Crippen LogP contribution < -0.4 is 5.32 Å². The predicted molar refractivity (Wildman–Crippen MR) is 77.5 cm³/mol. The van der Waals surface area contributed by atoms with E-state index in [1.54, 1.807) is 0 Å². The predicted octanol–water partition coefficient (Wildman–Crippen LogP) is 3.67. The molecule has 2 nitrogen and oxygen atoms in total. The topological polar surface area (TPSA) is 32.3 Å². The second-order valence-corrected chi connectivity index (χ2v) is 5.26. The van der Waals surface area contributed by atoms with Gasteiger partial charge in [-0.1, -0.05) is 32.9 Å². The van der Waals surface area contributed by atoms with Crippen molar-refractivity contribution in [1.29, 1.82) is 0 Å². The van der Waals surface area contributed by atoms with Crippen molar-refractivity contribution in [2.75, 3.05) is 13.2 Å². The summed E-state index contributed by atoms with van der Waals surface area (Å²) in [5, 5.41) is 13.1. The van der Waals surface area contributed by atoms with E-state index in [1.807, 2.05) is 12.1 Å². The molecule has 0 heterocycles. The van der Waals surface area contributed by atoms with Crippen molar-refractivity contribution >= 4 is 0 Å². The van der Waals surface area contributed by atoms with Crippen molar-refractivity contribution in [2.24, 2.45) is 5.41 Å². The Kier molecular flexibility index (Phi) is 6.46. The van der Waals surface area contributed by atoms with Gasteiger partial charge in [0.1, 0.15) is 5.82 Å². The summed E-state index contributed by atoms with van der Waals surface area (Å²) in [6.07, 6.45) is 2.85. The van der Waals surface area contributed by atoms with Crippen LogP contribution in [0.2, 0.25) is 0 Å². The molecule has 0 fully saturated rings. The Morgan fingerprint density at radius 3 is 2.16 bits per heavy atom. The van der Waals surface area contributed by atoms with E-state index in [9.17, 15) is 9.50 Å². The highest BCUT2D eigenvalue weighted by molar-refractivity contribution is 5.19. The first kappa shape index (κ1) is 16.1. The van der Waals surface area contributed by atoms with E-state index in [-0.39, 0.29) is 23.9 Å². The molecule has 0 aromatic heterocycles. The molecule has 19 heavy (non-hydrogen) atoms. The van der Waals surface area contributed by atoms with E-state index in [0.29, 0.717) is 0 Å². The van der Waals surface area contributed by atoms with Gasteiger partial charge in [-0.3, -0.25) is 0 Å². The Morgan fingerprint density at radius 1 is 1.16 bits per heavy atom. The van der Waals surface area contributed by atoms with Gasteiger partial charge >= 0.3 is 0 Å². The van der Waals surface area contributed by atoms with Gasteiger partial charge in [0.2, 0.25) is 0 Å². The lowest BCUT2D eigenvalue weighted by Crippen LogP contribution is -2.38. The fourth-order valence-corrected chi connectivity index (χ4v) is 2.31. The normalized spacial score (nSPS) is 13.5. The van der Waals surface area contributed by atoms with Crippen molar-refractivity contribution in [3.63, 3.8) is 0 Å². The number of hydrogen-bond acceptors (Lipinski definition) is 2. The monoisotopic (exact) mass is 267 g/mol. The highest BCUT2D eigenvalue weighted by Crippen LogP contribution is 2.26. The van der Waals surface area contributed by atoms with Crippen LogP contribution in [-0.2, 0) is 0 Å². The summed E-state index contributed by atoms with van der Waals surface area (Å²) in [5.41, 5.74) is 1.05. The van der Waals surface area contributed by atoms with Crippen LogP contribution in [0.25, 0.3) is 0 Å². The highest BCUT2D eigenvalue weighted by atomic mass is 19.1. The van der Waals surface area contributed by atoms with E-state index < -0.39 is 0 Å². The maximum absolute atomic E-state index is 12.9. The zero-order valence-electron chi connectivity index (χ0n) is 12.2. The first-order chi connectivity index (χ1) is 9.10. The first-order valence-electron chi connectivity index (χ1n) is 7.20. The van der Waals surface area contributed by atoms with E-state index in [2.05, 4.69) is 26.1 Å². The van der Waals surface area contributed by atoms with Crippen LogP contribution in [-0.4, -0.2) is 18.3 Å². The van der Waals surface area contributed by atoms with Gasteiger partial charge in [-0.2, -0.15) is 0 Å². The number of rotatable bonds is 8. The van der Waals surface area contributed by atoms with Gasteiger partial charge in [-0.25, -0.2) is 4.39 Å². The molecule has 1 unspecified atom stereocenters. The minimum Gasteiger partial charge on any atom is -0.396 e. The molecule has 0 radical (unpaired) electrons. The largest absolute Gasteiger partial charge is 0.396 e. The summed E-state index contributed by atoms with van der Waals surface area (Å²) in [5.74, 6) is -0.203. The van der Waals surface area contributed by atoms with E-state index >= 15 is 0 Å². The Morgan fingerprint density at radius 2 is 1.74 bits per heavy atom. The molecule has 2 N–H and O–H groups in total.